The summed E-state index contributed by atoms with van der Waals surface area (Å²) in [6.07, 6.45) is 2.09. The maximum Gasteiger partial charge on any atom is 0.121 e. The average molecular weight is 193 g/mol. The molecule has 1 aromatic rings. The summed E-state index contributed by atoms with van der Waals surface area (Å²) in [5.41, 5.74) is 6.87. The van der Waals surface area contributed by atoms with Crippen molar-refractivity contribution < 1.29 is 4.79 Å². The Labute approximate surface area is 86.1 Å². The standard InChI is InChI=1S/C10H13NO.C2H6/c11-10(6-7-12)8-9-4-2-1-3-5-9;1-2/h1-5,7,10H,6,8,11H2;1-2H3/t10-;/m1./s1. The van der Waals surface area contributed by atoms with E-state index in [1.807, 2.05) is 44.2 Å². The fourth-order valence-corrected chi connectivity index (χ4v) is 1.12. The van der Waals surface area contributed by atoms with Gasteiger partial charge in [0.05, 0.1) is 0 Å². The summed E-state index contributed by atoms with van der Waals surface area (Å²) in [5.74, 6) is 0. The highest BCUT2D eigenvalue weighted by atomic mass is 16.1. The predicted octanol–water partition coefficient (Wildman–Crippen LogP) is 2.17. The molecule has 0 aromatic heterocycles. The molecule has 0 unspecified atom stereocenters. The molecule has 0 radical (unpaired) electrons. The molecule has 1 rings (SSSR count). The van der Waals surface area contributed by atoms with Crippen LogP contribution in [0.2, 0.25) is 0 Å². The lowest BCUT2D eigenvalue weighted by Gasteiger charge is -2.06. The van der Waals surface area contributed by atoms with E-state index in [-0.39, 0.29) is 6.04 Å². The number of nitrogens with two attached hydrogens (primary N) is 1. The van der Waals surface area contributed by atoms with Crippen molar-refractivity contribution in [3.8, 4) is 0 Å². The maximum atomic E-state index is 10.1. The van der Waals surface area contributed by atoms with Gasteiger partial charge in [-0.25, -0.2) is 0 Å². The predicted molar refractivity (Wildman–Crippen MR) is 60.2 cm³/mol. The first-order chi connectivity index (χ1) is 6.83. The van der Waals surface area contributed by atoms with Gasteiger partial charge in [0.2, 0.25) is 0 Å². The number of carbonyl (C=O) groups excluding carboxylic acids is 1. The fourth-order valence-electron chi connectivity index (χ4n) is 1.12. The molecular formula is C12H19NO. The van der Waals surface area contributed by atoms with Gasteiger partial charge in [-0.2, -0.15) is 0 Å². The van der Waals surface area contributed by atoms with Crippen LogP contribution in [-0.2, 0) is 11.2 Å². The number of hydrogen-bond donors (Lipinski definition) is 1. The van der Waals surface area contributed by atoms with Crippen LogP contribution >= 0.6 is 0 Å². The summed E-state index contributed by atoms with van der Waals surface area (Å²) >= 11 is 0. The molecule has 0 bridgehead atoms. The summed E-state index contributed by atoms with van der Waals surface area (Å²) in [4.78, 5) is 10.1. The molecule has 1 aromatic carbocycles. The van der Waals surface area contributed by atoms with E-state index in [0.717, 1.165) is 12.7 Å². The Hall–Kier alpha value is -1.15. The molecule has 2 nitrogen and oxygen atoms in total. The van der Waals surface area contributed by atoms with Gasteiger partial charge >= 0.3 is 0 Å². The molecule has 0 aliphatic rings. The van der Waals surface area contributed by atoms with Crippen molar-refractivity contribution in [2.24, 2.45) is 5.73 Å². The van der Waals surface area contributed by atoms with Crippen LogP contribution in [0.5, 0.6) is 0 Å². The number of rotatable bonds is 4. The van der Waals surface area contributed by atoms with Gasteiger partial charge in [0, 0.05) is 12.5 Å². The average Bonchev–Trinajstić information content (AvgIpc) is 2.22. The lowest BCUT2D eigenvalue weighted by molar-refractivity contribution is -0.108. The number of benzene rings is 1. The molecule has 1 atom stereocenters. The van der Waals surface area contributed by atoms with Crippen molar-refractivity contribution >= 4 is 6.29 Å². The Morgan fingerprint density at radius 1 is 1.29 bits per heavy atom. The first-order valence-electron chi connectivity index (χ1n) is 5.06. The minimum atomic E-state index is -0.0371. The molecule has 2 N–H and O–H groups in total. The van der Waals surface area contributed by atoms with Gasteiger partial charge in [-0.15, -0.1) is 0 Å². The number of carbonyl (C=O) groups is 1. The smallest absolute Gasteiger partial charge is 0.121 e. The molecule has 0 saturated carbocycles. The minimum absolute atomic E-state index is 0.0371. The second-order valence-corrected chi connectivity index (χ2v) is 2.85. The Bertz CT molecular complexity index is 233. The zero-order valence-electron chi connectivity index (χ0n) is 8.94. The van der Waals surface area contributed by atoms with Crippen molar-refractivity contribution in [3.63, 3.8) is 0 Å². The molecular weight excluding hydrogens is 174 g/mol. The molecule has 14 heavy (non-hydrogen) atoms. The van der Waals surface area contributed by atoms with Crippen LogP contribution in [0, 0.1) is 0 Å². The zero-order valence-corrected chi connectivity index (χ0v) is 8.94. The van der Waals surface area contributed by atoms with E-state index in [1.54, 1.807) is 0 Å². The van der Waals surface area contributed by atoms with E-state index in [1.165, 1.54) is 5.56 Å². The first-order valence-corrected chi connectivity index (χ1v) is 5.06. The molecule has 2 heteroatoms. The molecule has 78 valence electrons. The van der Waals surface area contributed by atoms with Gasteiger partial charge in [-0.3, -0.25) is 0 Å². The van der Waals surface area contributed by atoms with Crippen molar-refractivity contribution in [1.82, 2.24) is 0 Å². The SMILES string of the molecule is CC.N[C@H](CC=O)Cc1ccccc1. The van der Waals surface area contributed by atoms with Crippen LogP contribution in [0.25, 0.3) is 0 Å². The van der Waals surface area contributed by atoms with Crippen LogP contribution in [0.3, 0.4) is 0 Å². The van der Waals surface area contributed by atoms with Crippen LogP contribution in [0.1, 0.15) is 25.8 Å². The topological polar surface area (TPSA) is 43.1 Å². The summed E-state index contributed by atoms with van der Waals surface area (Å²) < 4.78 is 0. The highest BCUT2D eigenvalue weighted by Gasteiger charge is 2.01. The summed E-state index contributed by atoms with van der Waals surface area (Å²) in [5, 5.41) is 0. The van der Waals surface area contributed by atoms with Gasteiger partial charge in [0.15, 0.2) is 0 Å². The highest BCUT2D eigenvalue weighted by molar-refractivity contribution is 5.50. The Morgan fingerprint density at radius 3 is 2.36 bits per heavy atom. The molecule has 0 aliphatic carbocycles. The second kappa shape index (κ2) is 8.45. The molecule has 0 spiro atoms. The molecule has 0 heterocycles. The van der Waals surface area contributed by atoms with Gasteiger partial charge in [-0.1, -0.05) is 44.2 Å². The lowest BCUT2D eigenvalue weighted by Crippen LogP contribution is -2.22. The second-order valence-electron chi connectivity index (χ2n) is 2.85. The Morgan fingerprint density at radius 2 is 1.86 bits per heavy atom. The quantitative estimate of drug-likeness (QED) is 0.745. The van der Waals surface area contributed by atoms with Crippen LogP contribution < -0.4 is 5.73 Å². The zero-order chi connectivity index (χ0) is 10.8. The van der Waals surface area contributed by atoms with Crippen LogP contribution in [0.15, 0.2) is 30.3 Å². The number of hydrogen-bond acceptors (Lipinski definition) is 2. The van der Waals surface area contributed by atoms with Crippen molar-refractivity contribution in [2.45, 2.75) is 32.7 Å². The fraction of sp³-hybridized carbons (Fsp3) is 0.417. The monoisotopic (exact) mass is 193 g/mol. The van der Waals surface area contributed by atoms with Crippen molar-refractivity contribution in [3.05, 3.63) is 35.9 Å². The third kappa shape index (κ3) is 5.49. The van der Waals surface area contributed by atoms with Gasteiger partial charge in [0.1, 0.15) is 6.29 Å². The van der Waals surface area contributed by atoms with Crippen molar-refractivity contribution in [1.29, 1.82) is 0 Å². The summed E-state index contributed by atoms with van der Waals surface area (Å²) in [6, 6.07) is 9.92. The third-order valence-electron chi connectivity index (χ3n) is 1.74. The summed E-state index contributed by atoms with van der Waals surface area (Å²) in [7, 11) is 0. The lowest BCUT2D eigenvalue weighted by atomic mass is 10.1. The third-order valence-corrected chi connectivity index (χ3v) is 1.74. The molecule has 0 saturated heterocycles. The molecule has 0 amide bonds. The van der Waals surface area contributed by atoms with Gasteiger partial charge in [-0.05, 0) is 12.0 Å². The summed E-state index contributed by atoms with van der Waals surface area (Å²) in [6.45, 7) is 4.00. The van der Waals surface area contributed by atoms with Crippen molar-refractivity contribution in [2.75, 3.05) is 0 Å². The highest BCUT2D eigenvalue weighted by Crippen LogP contribution is 2.02. The largest absolute Gasteiger partial charge is 0.327 e. The van der Waals surface area contributed by atoms with Gasteiger partial charge in [0.25, 0.3) is 0 Å². The first kappa shape index (κ1) is 12.8. The van der Waals surface area contributed by atoms with Gasteiger partial charge < -0.3 is 10.5 Å². The van der Waals surface area contributed by atoms with E-state index in [0.29, 0.717) is 6.42 Å². The van der Waals surface area contributed by atoms with E-state index in [4.69, 9.17) is 5.73 Å². The Balaban J connectivity index is 0.000000791. The van der Waals surface area contributed by atoms with Crippen LogP contribution in [0.4, 0.5) is 0 Å². The molecule has 0 fully saturated rings. The maximum absolute atomic E-state index is 10.1. The minimum Gasteiger partial charge on any atom is -0.327 e. The molecule has 0 aliphatic heterocycles. The van der Waals surface area contributed by atoms with E-state index in [9.17, 15) is 4.79 Å². The van der Waals surface area contributed by atoms with E-state index in [2.05, 4.69) is 0 Å². The Kier molecular flexibility index (Phi) is 7.75. The normalized spacial score (nSPS) is 11.1. The van der Waals surface area contributed by atoms with E-state index >= 15 is 0 Å². The van der Waals surface area contributed by atoms with Crippen LogP contribution in [-0.4, -0.2) is 12.3 Å². The number of aldehydes is 1. The van der Waals surface area contributed by atoms with E-state index < -0.39 is 0 Å².